The summed E-state index contributed by atoms with van der Waals surface area (Å²) in [6.07, 6.45) is 14.5. The van der Waals surface area contributed by atoms with Gasteiger partial charge in [0.05, 0.1) is 21.2 Å². The van der Waals surface area contributed by atoms with Gasteiger partial charge in [-0.15, -0.1) is 0 Å². The molecule has 1 unspecified atom stereocenters. The monoisotopic (exact) mass is 659 g/mol. The molecule has 0 fully saturated rings. The van der Waals surface area contributed by atoms with Crippen LogP contribution < -0.4 is 4.72 Å². The number of imidazole rings is 1. The van der Waals surface area contributed by atoms with Crippen LogP contribution in [0.1, 0.15) is 43.1 Å². The Morgan fingerprint density at radius 2 is 1.69 bits per heavy atom. The van der Waals surface area contributed by atoms with Crippen LogP contribution >= 0.6 is 23.2 Å². The molecule has 0 radical (unpaired) electrons. The molecule has 2 N–H and O–H groups in total. The van der Waals surface area contributed by atoms with Gasteiger partial charge in [0.2, 0.25) is 0 Å². The number of aryl methyl sites for hydroxylation is 3. The van der Waals surface area contributed by atoms with Crippen molar-refractivity contribution in [1.82, 2.24) is 9.55 Å². The number of aromatic nitrogens is 2. The highest BCUT2D eigenvalue weighted by Crippen LogP contribution is 2.30. The van der Waals surface area contributed by atoms with Crippen LogP contribution in [0.25, 0.3) is 11.3 Å². The largest absolute Gasteiger partial charge is 0.478 e. The van der Waals surface area contributed by atoms with E-state index in [0.717, 1.165) is 64.5 Å². The van der Waals surface area contributed by atoms with Crippen molar-refractivity contribution in [2.24, 2.45) is 0 Å². The van der Waals surface area contributed by atoms with E-state index in [2.05, 4.69) is 28.3 Å². The van der Waals surface area contributed by atoms with Crippen LogP contribution in [0.5, 0.6) is 0 Å². The lowest BCUT2D eigenvalue weighted by Gasteiger charge is -2.10. The zero-order valence-electron chi connectivity index (χ0n) is 25.0. The summed E-state index contributed by atoms with van der Waals surface area (Å²) in [4.78, 5) is 17.1. The Labute approximate surface area is 276 Å². The first-order valence-corrected chi connectivity index (χ1v) is 16.9. The molecule has 1 heterocycles. The van der Waals surface area contributed by atoms with Gasteiger partial charge < -0.3 is 14.4 Å². The molecule has 0 bridgehead atoms. The fourth-order valence-corrected chi connectivity index (χ4v) is 6.44. The summed E-state index contributed by atoms with van der Waals surface area (Å²) in [5, 5.41) is 10.5. The van der Waals surface area contributed by atoms with E-state index in [4.69, 9.17) is 28.2 Å². The minimum Gasteiger partial charge on any atom is -0.478 e. The minimum atomic E-state index is -1.35. The Kier molecular flexibility index (Phi) is 11.1. The lowest BCUT2D eigenvalue weighted by atomic mass is 10.1. The number of unbranched alkanes of at least 4 members (excludes halogenated alkanes) is 1. The fourth-order valence-electron chi connectivity index (χ4n) is 5.08. The van der Waals surface area contributed by atoms with Gasteiger partial charge in [-0.25, -0.2) is 14.0 Å². The molecule has 232 valence electrons. The van der Waals surface area contributed by atoms with Crippen LogP contribution in [0.4, 0.5) is 5.69 Å². The van der Waals surface area contributed by atoms with Crippen LogP contribution in [0.2, 0.25) is 10.0 Å². The average Bonchev–Trinajstić information content (AvgIpc) is 3.26. The summed E-state index contributed by atoms with van der Waals surface area (Å²) < 4.78 is 18.1. The third kappa shape index (κ3) is 8.85. The van der Waals surface area contributed by atoms with Crippen molar-refractivity contribution in [2.75, 3.05) is 4.72 Å². The van der Waals surface area contributed by atoms with Crippen molar-refractivity contribution in [2.45, 2.75) is 56.9 Å². The molecule has 1 atom stereocenters. The summed E-state index contributed by atoms with van der Waals surface area (Å²) in [5.74, 6) is -0.0560. The first kappa shape index (κ1) is 32.5. The number of hydrogen-bond acceptors (Lipinski definition) is 3. The van der Waals surface area contributed by atoms with Crippen LogP contribution in [0.3, 0.4) is 0 Å². The Morgan fingerprint density at radius 1 is 0.956 bits per heavy atom. The molecule has 0 amide bonds. The molecule has 9 heteroatoms. The number of carboxylic acid groups (broad SMARTS) is 1. The average molecular weight is 661 g/mol. The SMILES string of the molecule is CCCCc1ccc(S(=O)Nc2ccc(CCc3nc(-c4ccc(Cl)cc4Cl)cn3CC3=CCC=C(C(=O)O)C=C3)cc2)cc1. The highest BCUT2D eigenvalue weighted by atomic mass is 35.5. The fraction of sp³-hybridized carbons (Fsp3) is 0.222. The topological polar surface area (TPSA) is 84.2 Å². The molecule has 1 aromatic heterocycles. The molecule has 5 rings (SSSR count). The number of hydrogen-bond donors (Lipinski definition) is 2. The van der Waals surface area contributed by atoms with Gasteiger partial charge in [0, 0.05) is 35.4 Å². The predicted octanol–water partition coefficient (Wildman–Crippen LogP) is 9.02. The number of allylic oxidation sites excluding steroid dienone is 4. The molecule has 1 aliphatic rings. The second-order valence-electron chi connectivity index (χ2n) is 10.9. The van der Waals surface area contributed by atoms with Gasteiger partial charge in [-0.2, -0.15) is 0 Å². The molecular weight excluding hydrogens is 625 g/mol. The van der Waals surface area contributed by atoms with Crippen molar-refractivity contribution in [1.29, 1.82) is 0 Å². The molecule has 0 saturated carbocycles. The summed E-state index contributed by atoms with van der Waals surface area (Å²) in [7, 11) is -1.35. The zero-order chi connectivity index (χ0) is 31.8. The Balaban J connectivity index is 1.28. The second-order valence-corrected chi connectivity index (χ2v) is 13.0. The van der Waals surface area contributed by atoms with E-state index in [0.29, 0.717) is 29.4 Å². The van der Waals surface area contributed by atoms with E-state index in [9.17, 15) is 14.1 Å². The molecule has 0 saturated heterocycles. The van der Waals surface area contributed by atoms with E-state index in [1.54, 1.807) is 24.3 Å². The van der Waals surface area contributed by atoms with E-state index in [1.807, 2.05) is 60.8 Å². The van der Waals surface area contributed by atoms with Crippen LogP contribution in [-0.4, -0.2) is 24.8 Å². The van der Waals surface area contributed by atoms with Crippen LogP contribution in [0, 0.1) is 0 Å². The number of halogens is 2. The van der Waals surface area contributed by atoms with Crippen molar-refractivity contribution in [3.8, 4) is 11.3 Å². The number of nitrogens with zero attached hydrogens (tertiary/aromatic N) is 2. The van der Waals surface area contributed by atoms with Gasteiger partial charge in [-0.1, -0.05) is 79.0 Å². The third-order valence-corrected chi connectivity index (χ3v) is 9.29. The standard InChI is InChI=1S/C36H35Cl2N3O3S/c1-2-3-5-25-11-18-31(19-12-25)45(44)40-30-16-9-26(10-17-30)13-21-35-39-34(32-20-15-29(37)22-33(32)38)24-41(35)23-27-6-4-7-28(14-8-27)36(42)43/h6-12,14-20,22,24,40H,2-5,13,21,23H2,1H3,(H,42,43). The molecular formula is C36H35Cl2N3O3S. The van der Waals surface area contributed by atoms with Gasteiger partial charge in [0.15, 0.2) is 0 Å². The molecule has 0 aliphatic heterocycles. The molecule has 45 heavy (non-hydrogen) atoms. The zero-order valence-corrected chi connectivity index (χ0v) is 27.3. The third-order valence-electron chi connectivity index (χ3n) is 7.62. The normalized spacial score (nSPS) is 13.6. The molecule has 1 aliphatic carbocycles. The summed E-state index contributed by atoms with van der Waals surface area (Å²) in [6, 6.07) is 21.3. The smallest absolute Gasteiger partial charge is 0.335 e. The number of aliphatic carboxylic acids is 1. The van der Waals surface area contributed by atoms with E-state index < -0.39 is 17.0 Å². The number of benzene rings is 3. The number of anilines is 1. The van der Waals surface area contributed by atoms with E-state index >= 15 is 0 Å². The van der Waals surface area contributed by atoms with Crippen molar-refractivity contribution in [3.63, 3.8) is 0 Å². The first-order chi connectivity index (χ1) is 21.8. The Morgan fingerprint density at radius 3 is 2.40 bits per heavy atom. The number of nitrogens with one attached hydrogen (secondary N) is 1. The maximum Gasteiger partial charge on any atom is 0.335 e. The molecule has 6 nitrogen and oxygen atoms in total. The van der Waals surface area contributed by atoms with Crippen LogP contribution in [-0.2, 0) is 41.6 Å². The number of rotatable bonds is 13. The van der Waals surface area contributed by atoms with Gasteiger partial charge in [-0.3, -0.25) is 0 Å². The lowest BCUT2D eigenvalue weighted by molar-refractivity contribution is -0.132. The summed E-state index contributed by atoms with van der Waals surface area (Å²) in [6.45, 7) is 2.72. The second kappa shape index (κ2) is 15.4. The van der Waals surface area contributed by atoms with Gasteiger partial charge in [-0.05, 0) is 90.9 Å². The van der Waals surface area contributed by atoms with E-state index in [1.165, 1.54) is 5.56 Å². The number of carbonyl (C=O) groups is 1. The molecule has 3 aromatic carbocycles. The summed E-state index contributed by atoms with van der Waals surface area (Å²) >= 11 is 12.7. The van der Waals surface area contributed by atoms with Crippen molar-refractivity contribution in [3.05, 3.63) is 135 Å². The van der Waals surface area contributed by atoms with Gasteiger partial charge in [0.1, 0.15) is 16.8 Å². The van der Waals surface area contributed by atoms with Crippen LogP contribution in [0.15, 0.2) is 113 Å². The van der Waals surface area contributed by atoms with Gasteiger partial charge >= 0.3 is 5.97 Å². The summed E-state index contributed by atoms with van der Waals surface area (Å²) in [5.41, 5.74) is 5.98. The highest BCUT2D eigenvalue weighted by Gasteiger charge is 2.15. The maximum absolute atomic E-state index is 12.9. The van der Waals surface area contributed by atoms with Crippen molar-refractivity contribution >= 4 is 45.8 Å². The lowest BCUT2D eigenvalue weighted by Crippen LogP contribution is -2.07. The first-order valence-electron chi connectivity index (χ1n) is 15.0. The number of carboxylic acids is 1. The predicted molar refractivity (Wildman–Crippen MR) is 184 cm³/mol. The Bertz CT molecular complexity index is 1770. The molecule has 4 aromatic rings. The highest BCUT2D eigenvalue weighted by molar-refractivity contribution is 7.86. The molecule has 0 spiro atoms. The Hall–Kier alpha value is -3.91. The quantitative estimate of drug-likeness (QED) is 0.150. The van der Waals surface area contributed by atoms with E-state index in [-0.39, 0.29) is 5.57 Å². The minimum absolute atomic E-state index is 0.280. The van der Waals surface area contributed by atoms with Crippen molar-refractivity contribution < 1.29 is 14.1 Å². The van der Waals surface area contributed by atoms with Gasteiger partial charge in [0.25, 0.3) is 0 Å². The maximum atomic E-state index is 12.9.